The molecule has 1 unspecified atom stereocenters. The molecule has 1 N–H and O–H groups in total. The van der Waals surface area contributed by atoms with Gasteiger partial charge in [0, 0.05) is 37.9 Å². The number of methoxy groups -OCH3 is 1. The number of ether oxygens (including phenoxy) is 2. The summed E-state index contributed by atoms with van der Waals surface area (Å²) in [7, 11) is 3.78. The summed E-state index contributed by atoms with van der Waals surface area (Å²) in [6.07, 6.45) is 0. The van der Waals surface area contributed by atoms with Crippen LogP contribution in [0.3, 0.4) is 0 Å². The van der Waals surface area contributed by atoms with Crippen molar-refractivity contribution in [1.29, 1.82) is 0 Å². The summed E-state index contributed by atoms with van der Waals surface area (Å²) in [6.45, 7) is 3.48. The third-order valence-electron chi connectivity index (χ3n) is 2.99. The normalized spacial score (nSPS) is 20.0. The van der Waals surface area contributed by atoms with E-state index >= 15 is 0 Å². The van der Waals surface area contributed by atoms with Crippen molar-refractivity contribution in [2.24, 2.45) is 0 Å². The molecule has 1 aliphatic rings. The number of likely N-dealkylation sites (N-methyl/N-ethyl adjacent to an activating group) is 1. The van der Waals surface area contributed by atoms with Gasteiger partial charge < -0.3 is 19.7 Å². The summed E-state index contributed by atoms with van der Waals surface area (Å²) in [4.78, 5) is 2.22. The van der Waals surface area contributed by atoms with Crippen LogP contribution in [0.4, 0.5) is 5.69 Å². The van der Waals surface area contributed by atoms with E-state index in [-0.39, 0.29) is 0 Å². The molecular weight excluding hydrogens is 216 g/mol. The van der Waals surface area contributed by atoms with E-state index in [1.807, 2.05) is 18.2 Å². The molecule has 0 aromatic heterocycles. The molecule has 17 heavy (non-hydrogen) atoms. The fourth-order valence-corrected chi connectivity index (χ4v) is 2.02. The van der Waals surface area contributed by atoms with Crippen LogP contribution in [0, 0.1) is 0 Å². The zero-order valence-electron chi connectivity index (χ0n) is 10.5. The molecule has 1 aliphatic heterocycles. The molecule has 0 spiro atoms. The third kappa shape index (κ3) is 3.35. The first-order valence-electron chi connectivity index (χ1n) is 5.96. The van der Waals surface area contributed by atoms with Crippen LogP contribution < -0.4 is 15.0 Å². The van der Waals surface area contributed by atoms with Crippen molar-refractivity contribution < 1.29 is 9.47 Å². The minimum atomic E-state index is 0.403. The number of hydrogen-bond acceptors (Lipinski definition) is 4. The Labute approximate surface area is 103 Å². The van der Waals surface area contributed by atoms with Crippen molar-refractivity contribution in [3.05, 3.63) is 24.3 Å². The lowest BCUT2D eigenvalue weighted by molar-refractivity contribution is 0.0791. The number of hydrogen-bond donors (Lipinski definition) is 1. The first kappa shape index (κ1) is 12.2. The largest absolute Gasteiger partial charge is 0.497 e. The predicted molar refractivity (Wildman–Crippen MR) is 68.9 cm³/mol. The second-order valence-corrected chi connectivity index (χ2v) is 4.31. The highest BCUT2D eigenvalue weighted by atomic mass is 16.5. The molecule has 0 aliphatic carbocycles. The Morgan fingerprint density at radius 1 is 1.53 bits per heavy atom. The van der Waals surface area contributed by atoms with Gasteiger partial charge in [0.05, 0.1) is 20.3 Å². The van der Waals surface area contributed by atoms with E-state index in [1.165, 1.54) is 0 Å². The molecular formula is C13H20N2O2. The lowest BCUT2D eigenvalue weighted by atomic mass is 10.2. The van der Waals surface area contributed by atoms with Gasteiger partial charge in [-0.2, -0.15) is 0 Å². The molecule has 94 valence electrons. The first-order chi connectivity index (χ1) is 8.29. The van der Waals surface area contributed by atoms with Gasteiger partial charge in [-0.1, -0.05) is 6.07 Å². The van der Waals surface area contributed by atoms with Gasteiger partial charge in [0.2, 0.25) is 0 Å². The second kappa shape index (κ2) is 5.89. The van der Waals surface area contributed by atoms with E-state index in [0.717, 1.165) is 37.7 Å². The van der Waals surface area contributed by atoms with Crippen LogP contribution in [-0.4, -0.2) is 46.5 Å². The highest BCUT2D eigenvalue weighted by Gasteiger charge is 2.15. The van der Waals surface area contributed by atoms with Gasteiger partial charge >= 0.3 is 0 Å². The Kier molecular flexibility index (Phi) is 4.23. The van der Waals surface area contributed by atoms with E-state index < -0.39 is 0 Å². The van der Waals surface area contributed by atoms with Gasteiger partial charge in [-0.25, -0.2) is 0 Å². The smallest absolute Gasteiger partial charge is 0.120 e. The number of benzene rings is 1. The zero-order valence-corrected chi connectivity index (χ0v) is 10.5. The minimum Gasteiger partial charge on any atom is -0.497 e. The molecule has 1 aromatic rings. The van der Waals surface area contributed by atoms with Gasteiger partial charge in [0.25, 0.3) is 0 Å². The number of nitrogens with one attached hydrogen (secondary N) is 1. The Bertz CT molecular complexity index is 351. The monoisotopic (exact) mass is 236 g/mol. The molecule has 0 bridgehead atoms. The van der Waals surface area contributed by atoms with Crippen LogP contribution in [0.2, 0.25) is 0 Å². The highest BCUT2D eigenvalue weighted by Crippen LogP contribution is 2.20. The average molecular weight is 236 g/mol. The average Bonchev–Trinajstić information content (AvgIpc) is 2.40. The molecule has 0 saturated carbocycles. The number of rotatable bonds is 4. The number of anilines is 1. The number of morpholine rings is 1. The van der Waals surface area contributed by atoms with Crippen molar-refractivity contribution in [3.63, 3.8) is 0 Å². The van der Waals surface area contributed by atoms with E-state index in [1.54, 1.807) is 7.11 Å². The van der Waals surface area contributed by atoms with Gasteiger partial charge in [-0.3, -0.25) is 0 Å². The minimum absolute atomic E-state index is 0.403. The van der Waals surface area contributed by atoms with Crippen molar-refractivity contribution >= 4 is 5.69 Å². The third-order valence-corrected chi connectivity index (χ3v) is 2.99. The van der Waals surface area contributed by atoms with Crippen LogP contribution in [0.1, 0.15) is 0 Å². The van der Waals surface area contributed by atoms with E-state index in [0.29, 0.717) is 6.04 Å². The summed E-state index contributed by atoms with van der Waals surface area (Å²) >= 11 is 0. The van der Waals surface area contributed by atoms with Gasteiger partial charge in [-0.15, -0.1) is 0 Å². The molecule has 1 saturated heterocycles. The molecule has 4 nitrogen and oxygen atoms in total. The maximum absolute atomic E-state index is 5.45. The van der Waals surface area contributed by atoms with Crippen molar-refractivity contribution in [1.82, 2.24) is 5.32 Å². The van der Waals surface area contributed by atoms with Crippen molar-refractivity contribution in [3.8, 4) is 5.75 Å². The maximum Gasteiger partial charge on any atom is 0.120 e. The Morgan fingerprint density at radius 2 is 2.41 bits per heavy atom. The molecule has 0 amide bonds. The summed E-state index contributed by atoms with van der Waals surface area (Å²) in [5.74, 6) is 0.891. The van der Waals surface area contributed by atoms with E-state index in [9.17, 15) is 0 Å². The van der Waals surface area contributed by atoms with E-state index in [2.05, 4.69) is 23.3 Å². The number of nitrogens with zero attached hydrogens (tertiary/aromatic N) is 1. The molecule has 0 radical (unpaired) electrons. The van der Waals surface area contributed by atoms with Crippen molar-refractivity contribution in [2.45, 2.75) is 6.04 Å². The van der Waals surface area contributed by atoms with E-state index in [4.69, 9.17) is 9.47 Å². The summed E-state index contributed by atoms with van der Waals surface area (Å²) in [5.41, 5.74) is 1.16. The topological polar surface area (TPSA) is 33.7 Å². The Hall–Kier alpha value is -1.26. The van der Waals surface area contributed by atoms with Crippen LogP contribution in [0.25, 0.3) is 0 Å². The van der Waals surface area contributed by atoms with Crippen molar-refractivity contribution in [2.75, 3.05) is 45.4 Å². The molecule has 1 atom stereocenters. The lowest BCUT2D eigenvalue weighted by Gasteiger charge is -2.29. The van der Waals surface area contributed by atoms with Gasteiger partial charge in [-0.05, 0) is 12.1 Å². The van der Waals surface area contributed by atoms with Gasteiger partial charge in [0.1, 0.15) is 5.75 Å². The molecule has 1 fully saturated rings. The van der Waals surface area contributed by atoms with Crippen LogP contribution in [-0.2, 0) is 4.74 Å². The standard InChI is InChI=1S/C13H20N2O2/c1-15(9-11-10-17-7-6-14-11)12-4-3-5-13(8-12)16-2/h3-5,8,11,14H,6-7,9-10H2,1-2H3. The fraction of sp³-hybridized carbons (Fsp3) is 0.538. The quantitative estimate of drug-likeness (QED) is 0.849. The second-order valence-electron chi connectivity index (χ2n) is 4.31. The molecule has 4 heteroatoms. The van der Waals surface area contributed by atoms with Crippen LogP contribution in [0.15, 0.2) is 24.3 Å². The maximum atomic E-state index is 5.45. The summed E-state index contributed by atoms with van der Waals surface area (Å²) in [5, 5.41) is 3.45. The zero-order chi connectivity index (χ0) is 12.1. The fourth-order valence-electron chi connectivity index (χ4n) is 2.02. The lowest BCUT2D eigenvalue weighted by Crippen LogP contribution is -2.47. The molecule has 1 heterocycles. The predicted octanol–water partition coefficient (Wildman–Crippen LogP) is 1.12. The van der Waals surface area contributed by atoms with Crippen LogP contribution >= 0.6 is 0 Å². The first-order valence-corrected chi connectivity index (χ1v) is 5.96. The SMILES string of the molecule is COc1cccc(N(C)CC2COCCN2)c1. The molecule has 2 rings (SSSR count). The Morgan fingerprint density at radius 3 is 3.12 bits per heavy atom. The summed E-state index contributed by atoms with van der Waals surface area (Å²) < 4.78 is 10.7. The summed E-state index contributed by atoms with van der Waals surface area (Å²) in [6, 6.07) is 8.50. The Balaban J connectivity index is 1.95. The van der Waals surface area contributed by atoms with Crippen LogP contribution in [0.5, 0.6) is 5.75 Å². The highest BCUT2D eigenvalue weighted by molar-refractivity contribution is 5.50. The van der Waals surface area contributed by atoms with Gasteiger partial charge in [0.15, 0.2) is 0 Å². The molecule has 1 aromatic carbocycles.